The first-order valence-corrected chi connectivity index (χ1v) is 10.1. The van der Waals surface area contributed by atoms with Crippen LogP contribution in [-0.2, 0) is 13.0 Å². The highest BCUT2D eigenvalue weighted by Gasteiger charge is 2.10. The summed E-state index contributed by atoms with van der Waals surface area (Å²) in [6.45, 7) is 1.89. The van der Waals surface area contributed by atoms with E-state index in [-0.39, 0.29) is 5.91 Å². The van der Waals surface area contributed by atoms with Gasteiger partial charge < -0.3 is 19.7 Å². The zero-order valence-electron chi connectivity index (χ0n) is 17.8. The predicted molar refractivity (Wildman–Crippen MR) is 120 cm³/mol. The average molecular weight is 406 g/mol. The number of nitrogens with one attached hydrogen (secondary N) is 2. The first kappa shape index (κ1) is 21.4. The van der Waals surface area contributed by atoms with E-state index in [2.05, 4.69) is 18.4 Å². The highest BCUT2D eigenvalue weighted by Crippen LogP contribution is 2.27. The number of hydrogen-bond donors (Lipinski definition) is 2. The highest BCUT2D eigenvalue weighted by molar-refractivity contribution is 6.04. The zero-order chi connectivity index (χ0) is 21.3. The number of rotatable bonds is 9. The molecule has 5 nitrogen and oxygen atoms in total. The number of methoxy groups -OCH3 is 2. The van der Waals surface area contributed by atoms with Crippen molar-refractivity contribution in [3.05, 3.63) is 89.5 Å². The van der Waals surface area contributed by atoms with Gasteiger partial charge >= 0.3 is 0 Å². The summed E-state index contributed by atoms with van der Waals surface area (Å²) in [6.07, 6.45) is 0.948. The van der Waals surface area contributed by atoms with Gasteiger partial charge in [0.05, 0.1) is 27.8 Å². The molecule has 1 amide bonds. The van der Waals surface area contributed by atoms with Crippen LogP contribution in [0, 0.1) is 0 Å². The summed E-state index contributed by atoms with van der Waals surface area (Å²) in [6, 6.07) is 23.4. The quantitative estimate of drug-likeness (QED) is 0.575. The number of para-hydroxylation sites is 1. The molecule has 0 radical (unpaired) electrons. The molecular formula is C25H29N2O3+. The lowest BCUT2D eigenvalue weighted by molar-refractivity contribution is -0.893. The lowest BCUT2D eigenvalue weighted by Crippen LogP contribution is -3.07. The fourth-order valence-corrected chi connectivity index (χ4v) is 3.33. The standard InChI is InChI=1S/C25H28N2O3/c1-27(16-15-19-11-14-23(29-2)24(17-19)30-3)18-20-9-12-21(13-10-20)25(28)26-22-7-5-4-6-8-22/h4-14,17H,15-16,18H2,1-3H3,(H,26,28)/p+1. The van der Waals surface area contributed by atoms with Crippen LogP contribution >= 0.6 is 0 Å². The Balaban J connectivity index is 1.52. The molecule has 5 heteroatoms. The average Bonchev–Trinajstić information content (AvgIpc) is 2.78. The van der Waals surface area contributed by atoms with E-state index in [0.717, 1.165) is 36.7 Å². The number of anilines is 1. The van der Waals surface area contributed by atoms with Crippen molar-refractivity contribution in [3.63, 3.8) is 0 Å². The van der Waals surface area contributed by atoms with Crippen molar-refractivity contribution in [2.75, 3.05) is 33.1 Å². The maximum absolute atomic E-state index is 12.4. The second-order valence-electron chi connectivity index (χ2n) is 7.34. The molecule has 30 heavy (non-hydrogen) atoms. The number of likely N-dealkylation sites (N-methyl/N-ethyl adjacent to an activating group) is 1. The zero-order valence-corrected chi connectivity index (χ0v) is 17.8. The van der Waals surface area contributed by atoms with Gasteiger partial charge in [0, 0.05) is 23.2 Å². The Hall–Kier alpha value is -3.31. The first-order valence-electron chi connectivity index (χ1n) is 10.1. The van der Waals surface area contributed by atoms with Crippen LogP contribution in [0.1, 0.15) is 21.5 Å². The largest absolute Gasteiger partial charge is 0.493 e. The fourth-order valence-electron chi connectivity index (χ4n) is 3.33. The summed E-state index contributed by atoms with van der Waals surface area (Å²) in [4.78, 5) is 13.8. The summed E-state index contributed by atoms with van der Waals surface area (Å²) < 4.78 is 10.7. The molecule has 0 bridgehead atoms. The molecular weight excluding hydrogens is 376 g/mol. The van der Waals surface area contributed by atoms with Gasteiger partial charge in [0.25, 0.3) is 5.91 Å². The van der Waals surface area contributed by atoms with Gasteiger partial charge in [-0.1, -0.05) is 36.4 Å². The van der Waals surface area contributed by atoms with Crippen molar-refractivity contribution < 1.29 is 19.2 Å². The van der Waals surface area contributed by atoms with E-state index in [9.17, 15) is 4.79 Å². The van der Waals surface area contributed by atoms with Gasteiger partial charge in [0.15, 0.2) is 11.5 Å². The normalized spacial score (nSPS) is 11.6. The minimum absolute atomic E-state index is 0.0955. The molecule has 3 aromatic rings. The Kier molecular flexibility index (Phi) is 7.46. The van der Waals surface area contributed by atoms with Gasteiger partial charge in [-0.2, -0.15) is 0 Å². The van der Waals surface area contributed by atoms with E-state index in [4.69, 9.17) is 9.47 Å². The van der Waals surface area contributed by atoms with Gasteiger partial charge in [0.1, 0.15) is 6.54 Å². The van der Waals surface area contributed by atoms with Crippen LogP contribution < -0.4 is 19.7 Å². The summed E-state index contributed by atoms with van der Waals surface area (Å²) in [5.74, 6) is 1.41. The number of carbonyl (C=O) groups is 1. The molecule has 2 N–H and O–H groups in total. The third-order valence-electron chi connectivity index (χ3n) is 5.04. The van der Waals surface area contributed by atoms with Crippen molar-refractivity contribution in [3.8, 4) is 11.5 Å². The molecule has 0 aromatic heterocycles. The van der Waals surface area contributed by atoms with Crippen molar-refractivity contribution in [2.45, 2.75) is 13.0 Å². The van der Waals surface area contributed by atoms with Gasteiger partial charge in [-0.15, -0.1) is 0 Å². The number of hydrogen-bond acceptors (Lipinski definition) is 3. The van der Waals surface area contributed by atoms with Crippen LogP contribution in [0.3, 0.4) is 0 Å². The van der Waals surface area contributed by atoms with Crippen LogP contribution in [0.4, 0.5) is 5.69 Å². The first-order chi connectivity index (χ1) is 14.6. The summed E-state index contributed by atoms with van der Waals surface area (Å²) in [5.41, 5.74) is 3.88. The summed E-state index contributed by atoms with van der Waals surface area (Å²) in [5, 5.41) is 2.91. The molecule has 0 aliphatic heterocycles. The minimum Gasteiger partial charge on any atom is -0.493 e. The number of carbonyl (C=O) groups excluding carboxylic acids is 1. The van der Waals surface area contributed by atoms with Crippen LogP contribution in [-0.4, -0.2) is 33.7 Å². The van der Waals surface area contributed by atoms with E-state index in [1.165, 1.54) is 16.0 Å². The van der Waals surface area contributed by atoms with E-state index in [1.807, 2.05) is 66.7 Å². The maximum atomic E-state index is 12.4. The van der Waals surface area contributed by atoms with Crippen molar-refractivity contribution in [1.82, 2.24) is 0 Å². The van der Waals surface area contributed by atoms with E-state index in [1.54, 1.807) is 14.2 Å². The third-order valence-corrected chi connectivity index (χ3v) is 5.04. The van der Waals surface area contributed by atoms with Crippen LogP contribution in [0.25, 0.3) is 0 Å². The molecule has 1 atom stereocenters. The van der Waals surface area contributed by atoms with Crippen LogP contribution in [0.2, 0.25) is 0 Å². The van der Waals surface area contributed by atoms with Gasteiger partial charge in [-0.05, 0) is 42.0 Å². The smallest absolute Gasteiger partial charge is 0.255 e. The molecule has 1 unspecified atom stereocenters. The molecule has 3 aromatic carbocycles. The maximum Gasteiger partial charge on any atom is 0.255 e. The monoisotopic (exact) mass is 405 g/mol. The molecule has 3 rings (SSSR count). The van der Waals surface area contributed by atoms with Crippen molar-refractivity contribution in [2.24, 2.45) is 0 Å². The van der Waals surface area contributed by atoms with Crippen LogP contribution in [0.15, 0.2) is 72.8 Å². The lowest BCUT2D eigenvalue weighted by Gasteiger charge is -2.15. The van der Waals surface area contributed by atoms with Crippen molar-refractivity contribution >= 4 is 11.6 Å². The third kappa shape index (κ3) is 5.84. The van der Waals surface area contributed by atoms with Gasteiger partial charge in [0.2, 0.25) is 0 Å². The predicted octanol–water partition coefficient (Wildman–Crippen LogP) is 3.21. The number of benzene rings is 3. The second-order valence-corrected chi connectivity index (χ2v) is 7.34. The van der Waals surface area contributed by atoms with Crippen molar-refractivity contribution in [1.29, 1.82) is 0 Å². The molecule has 0 saturated carbocycles. The molecule has 0 heterocycles. The Morgan fingerprint density at radius 3 is 2.20 bits per heavy atom. The number of ether oxygens (including phenoxy) is 2. The topological polar surface area (TPSA) is 52.0 Å². The summed E-state index contributed by atoms with van der Waals surface area (Å²) >= 11 is 0. The molecule has 0 spiro atoms. The highest BCUT2D eigenvalue weighted by atomic mass is 16.5. The Morgan fingerprint density at radius 1 is 0.867 bits per heavy atom. The van der Waals surface area contributed by atoms with Gasteiger partial charge in [-0.3, -0.25) is 4.79 Å². The SMILES string of the molecule is COc1ccc(CC[NH+](C)Cc2ccc(C(=O)Nc3ccccc3)cc2)cc1OC. The number of quaternary nitrogens is 1. The molecule has 0 fully saturated rings. The van der Waals surface area contributed by atoms with E-state index >= 15 is 0 Å². The van der Waals surface area contributed by atoms with Gasteiger partial charge in [-0.25, -0.2) is 0 Å². The minimum atomic E-state index is -0.0955. The fraction of sp³-hybridized carbons (Fsp3) is 0.240. The second kappa shape index (κ2) is 10.5. The molecule has 156 valence electrons. The Bertz CT molecular complexity index is 956. The molecule has 0 saturated heterocycles. The van der Waals surface area contributed by atoms with E-state index in [0.29, 0.717) is 5.56 Å². The molecule has 0 aliphatic rings. The number of amides is 1. The van der Waals surface area contributed by atoms with E-state index < -0.39 is 0 Å². The lowest BCUT2D eigenvalue weighted by atomic mass is 10.1. The Labute approximate surface area is 178 Å². The summed E-state index contributed by atoms with van der Waals surface area (Å²) in [7, 11) is 5.48. The van der Waals surface area contributed by atoms with Crippen LogP contribution in [0.5, 0.6) is 11.5 Å². The molecule has 0 aliphatic carbocycles. The Morgan fingerprint density at radius 2 is 1.53 bits per heavy atom.